The number of fused-ring (bicyclic) bond motifs is 1. The Balaban J connectivity index is 1.68. The van der Waals surface area contributed by atoms with Gasteiger partial charge in [0.2, 0.25) is 0 Å². The maximum atomic E-state index is 13.7. The summed E-state index contributed by atoms with van der Waals surface area (Å²) >= 11 is 0. The molecule has 0 amide bonds. The van der Waals surface area contributed by atoms with Gasteiger partial charge < -0.3 is 10.1 Å². The van der Waals surface area contributed by atoms with Crippen molar-refractivity contribution in [2.24, 2.45) is 5.92 Å². The highest BCUT2D eigenvalue weighted by Gasteiger charge is 2.21. The van der Waals surface area contributed by atoms with Crippen LogP contribution in [0.2, 0.25) is 0 Å². The van der Waals surface area contributed by atoms with E-state index >= 15 is 0 Å². The highest BCUT2D eigenvalue weighted by atomic mass is 19.1. The second-order valence-corrected chi connectivity index (χ2v) is 5.52. The van der Waals surface area contributed by atoms with Crippen LogP contribution in [0.5, 0.6) is 5.75 Å². The van der Waals surface area contributed by atoms with Crippen LogP contribution in [0.15, 0.2) is 18.2 Å². The van der Waals surface area contributed by atoms with Crippen molar-refractivity contribution in [2.45, 2.75) is 19.4 Å². The van der Waals surface area contributed by atoms with Gasteiger partial charge in [0.05, 0.1) is 0 Å². The van der Waals surface area contributed by atoms with E-state index in [1.165, 1.54) is 18.9 Å². The summed E-state index contributed by atoms with van der Waals surface area (Å²) in [6.07, 6.45) is 2.56. The minimum atomic E-state index is -0.237. The average Bonchev–Trinajstić information content (AvgIpc) is 2.63. The van der Waals surface area contributed by atoms with E-state index in [1.54, 1.807) is 6.07 Å². The number of piperidine rings is 1. The summed E-state index contributed by atoms with van der Waals surface area (Å²) < 4.78 is 19.3. The third-order valence-corrected chi connectivity index (χ3v) is 4.01. The predicted molar refractivity (Wildman–Crippen MR) is 72.8 cm³/mol. The fraction of sp³-hybridized carbons (Fsp3) is 0.600. The smallest absolute Gasteiger partial charge is 0.165 e. The van der Waals surface area contributed by atoms with Crippen molar-refractivity contribution in [2.75, 3.05) is 32.8 Å². The van der Waals surface area contributed by atoms with Crippen molar-refractivity contribution in [1.82, 2.24) is 10.2 Å². The fourth-order valence-corrected chi connectivity index (χ4v) is 3.04. The van der Waals surface area contributed by atoms with Crippen LogP contribution >= 0.6 is 0 Å². The molecular formula is C15H21FN2O. The summed E-state index contributed by atoms with van der Waals surface area (Å²) in [4.78, 5) is 2.39. The summed E-state index contributed by atoms with van der Waals surface area (Å²) in [6.45, 7) is 5.58. The van der Waals surface area contributed by atoms with E-state index in [0.717, 1.165) is 38.3 Å². The number of hydrogen-bond acceptors (Lipinski definition) is 3. The van der Waals surface area contributed by atoms with E-state index in [1.807, 2.05) is 6.07 Å². The normalized spacial score (nSPS) is 24.4. The molecule has 0 aromatic heterocycles. The molecule has 4 heteroatoms. The second-order valence-electron chi connectivity index (χ2n) is 5.52. The van der Waals surface area contributed by atoms with Gasteiger partial charge in [-0.15, -0.1) is 0 Å². The number of hydrogen-bond donors (Lipinski definition) is 1. The number of rotatable bonds is 2. The molecule has 2 aliphatic heterocycles. The molecule has 0 aliphatic carbocycles. The Kier molecular flexibility index (Phi) is 3.99. The molecule has 1 atom stereocenters. The summed E-state index contributed by atoms with van der Waals surface area (Å²) in [5.41, 5.74) is 0.973. The topological polar surface area (TPSA) is 24.5 Å². The molecular weight excluding hydrogens is 243 g/mol. The van der Waals surface area contributed by atoms with Crippen molar-refractivity contribution >= 4 is 0 Å². The van der Waals surface area contributed by atoms with Crippen LogP contribution in [-0.2, 0) is 6.54 Å². The number of nitrogens with zero attached hydrogens (tertiary/aromatic N) is 1. The Morgan fingerprint density at radius 2 is 2.37 bits per heavy atom. The molecule has 104 valence electrons. The molecule has 0 spiro atoms. The van der Waals surface area contributed by atoms with Gasteiger partial charge in [-0.25, -0.2) is 4.39 Å². The van der Waals surface area contributed by atoms with Gasteiger partial charge in [0.15, 0.2) is 11.6 Å². The Labute approximate surface area is 113 Å². The molecule has 19 heavy (non-hydrogen) atoms. The lowest BCUT2D eigenvalue weighted by molar-refractivity contribution is 0.182. The highest BCUT2D eigenvalue weighted by molar-refractivity contribution is 5.35. The maximum Gasteiger partial charge on any atom is 0.165 e. The first-order chi connectivity index (χ1) is 9.33. The molecule has 1 saturated heterocycles. The Bertz CT molecular complexity index is 432. The number of ether oxygens (including phenoxy) is 1. The van der Waals surface area contributed by atoms with Crippen LogP contribution in [0.3, 0.4) is 0 Å². The summed E-state index contributed by atoms with van der Waals surface area (Å²) in [6, 6.07) is 5.21. The zero-order chi connectivity index (χ0) is 13.1. The molecule has 0 radical (unpaired) electrons. The van der Waals surface area contributed by atoms with E-state index in [4.69, 9.17) is 4.74 Å². The monoisotopic (exact) mass is 264 g/mol. The minimum Gasteiger partial charge on any atom is -0.489 e. The quantitative estimate of drug-likeness (QED) is 0.884. The first-order valence-electron chi connectivity index (χ1n) is 7.16. The van der Waals surface area contributed by atoms with Gasteiger partial charge in [0.1, 0.15) is 6.61 Å². The van der Waals surface area contributed by atoms with Crippen LogP contribution in [0.4, 0.5) is 4.39 Å². The Hall–Kier alpha value is -1.13. The predicted octanol–water partition coefficient (Wildman–Crippen LogP) is 2.02. The summed E-state index contributed by atoms with van der Waals surface area (Å²) in [5.74, 6) is 0.925. The van der Waals surface area contributed by atoms with Crippen LogP contribution < -0.4 is 10.1 Å². The van der Waals surface area contributed by atoms with Gasteiger partial charge in [0, 0.05) is 25.2 Å². The number of para-hydroxylation sites is 1. The zero-order valence-electron chi connectivity index (χ0n) is 11.2. The van der Waals surface area contributed by atoms with E-state index in [0.29, 0.717) is 18.3 Å². The molecule has 3 nitrogen and oxygen atoms in total. The van der Waals surface area contributed by atoms with E-state index < -0.39 is 0 Å². The van der Waals surface area contributed by atoms with Crippen molar-refractivity contribution in [3.63, 3.8) is 0 Å². The molecule has 1 unspecified atom stereocenters. The van der Waals surface area contributed by atoms with Crippen LogP contribution in [0.25, 0.3) is 0 Å². The van der Waals surface area contributed by atoms with Crippen molar-refractivity contribution < 1.29 is 9.13 Å². The first-order valence-corrected chi connectivity index (χ1v) is 7.16. The van der Waals surface area contributed by atoms with Gasteiger partial charge in [-0.05, 0) is 37.9 Å². The zero-order valence-corrected chi connectivity index (χ0v) is 11.2. The molecule has 0 bridgehead atoms. The molecule has 1 aromatic rings. The third-order valence-electron chi connectivity index (χ3n) is 4.01. The molecule has 2 aliphatic rings. The van der Waals surface area contributed by atoms with Crippen molar-refractivity contribution in [3.05, 3.63) is 29.6 Å². The Morgan fingerprint density at radius 1 is 1.42 bits per heavy atom. The average molecular weight is 264 g/mol. The van der Waals surface area contributed by atoms with Crippen LogP contribution in [0.1, 0.15) is 18.4 Å². The summed E-state index contributed by atoms with van der Waals surface area (Å²) in [5, 5.41) is 3.45. The molecule has 3 rings (SSSR count). The van der Waals surface area contributed by atoms with Gasteiger partial charge in [0.25, 0.3) is 0 Å². The molecule has 2 heterocycles. The van der Waals surface area contributed by atoms with E-state index in [9.17, 15) is 4.39 Å². The molecule has 0 saturated carbocycles. The molecule has 1 aromatic carbocycles. The number of nitrogens with one attached hydrogen (secondary N) is 1. The SMILES string of the molecule is Fc1cccc2c1OCCN(CC1CCCNC1)C2. The lowest BCUT2D eigenvalue weighted by atomic mass is 9.99. The van der Waals surface area contributed by atoms with Crippen LogP contribution in [0, 0.1) is 11.7 Å². The largest absolute Gasteiger partial charge is 0.489 e. The Morgan fingerprint density at radius 3 is 3.21 bits per heavy atom. The number of benzene rings is 1. The molecule has 1 fully saturated rings. The van der Waals surface area contributed by atoms with E-state index in [-0.39, 0.29) is 5.82 Å². The third kappa shape index (κ3) is 3.07. The second kappa shape index (κ2) is 5.88. The number of halogens is 1. The van der Waals surface area contributed by atoms with Gasteiger partial charge in [-0.1, -0.05) is 12.1 Å². The standard InChI is InChI=1S/C15H21FN2O/c16-14-5-1-4-13-11-18(7-8-19-15(13)14)10-12-3-2-6-17-9-12/h1,4-5,12,17H,2-3,6-11H2. The lowest BCUT2D eigenvalue weighted by Gasteiger charge is -2.28. The molecule has 1 N–H and O–H groups in total. The lowest BCUT2D eigenvalue weighted by Crippen LogP contribution is -2.38. The summed E-state index contributed by atoms with van der Waals surface area (Å²) in [7, 11) is 0. The van der Waals surface area contributed by atoms with Crippen molar-refractivity contribution in [1.29, 1.82) is 0 Å². The first kappa shape index (κ1) is 12.9. The van der Waals surface area contributed by atoms with Crippen molar-refractivity contribution in [3.8, 4) is 5.75 Å². The minimum absolute atomic E-state index is 0.237. The van der Waals surface area contributed by atoms with Gasteiger partial charge in [-0.3, -0.25) is 4.90 Å². The fourth-order valence-electron chi connectivity index (χ4n) is 3.04. The highest BCUT2D eigenvalue weighted by Crippen LogP contribution is 2.26. The van der Waals surface area contributed by atoms with Gasteiger partial charge in [-0.2, -0.15) is 0 Å². The van der Waals surface area contributed by atoms with Gasteiger partial charge >= 0.3 is 0 Å². The van der Waals surface area contributed by atoms with Crippen LogP contribution in [-0.4, -0.2) is 37.7 Å². The van der Waals surface area contributed by atoms with E-state index in [2.05, 4.69) is 10.2 Å². The maximum absolute atomic E-state index is 13.7.